The first-order valence-corrected chi connectivity index (χ1v) is 6.40. The van der Waals surface area contributed by atoms with E-state index in [1.165, 1.54) is 0 Å². The average molecular weight is 293 g/mol. The summed E-state index contributed by atoms with van der Waals surface area (Å²) in [5.41, 5.74) is 7.99. The summed E-state index contributed by atoms with van der Waals surface area (Å²) >= 11 is 11.1. The molecule has 0 radical (unpaired) electrons. The first kappa shape index (κ1) is 13.6. The van der Waals surface area contributed by atoms with Crippen LogP contribution in [0.2, 0.25) is 5.02 Å². The molecule has 0 amide bonds. The van der Waals surface area contributed by atoms with Crippen molar-refractivity contribution in [3.05, 3.63) is 53.1 Å². The van der Waals surface area contributed by atoms with Gasteiger partial charge in [-0.1, -0.05) is 36.0 Å². The Kier molecular flexibility index (Phi) is 4.24. The number of anilines is 2. The van der Waals surface area contributed by atoms with Crippen molar-refractivity contribution >= 4 is 40.2 Å². The van der Waals surface area contributed by atoms with Crippen molar-refractivity contribution in [1.29, 1.82) is 0 Å². The van der Waals surface area contributed by atoms with E-state index >= 15 is 0 Å². The minimum absolute atomic E-state index is 0.260. The number of methoxy groups -OCH3 is 1. The summed E-state index contributed by atoms with van der Waals surface area (Å²) in [6.07, 6.45) is 0. The van der Waals surface area contributed by atoms with E-state index < -0.39 is 0 Å². The Balaban J connectivity index is 2.38. The molecule has 2 rings (SSSR count). The molecule has 0 heterocycles. The van der Waals surface area contributed by atoms with Crippen LogP contribution in [0, 0.1) is 0 Å². The van der Waals surface area contributed by atoms with Gasteiger partial charge in [-0.2, -0.15) is 0 Å². The van der Waals surface area contributed by atoms with E-state index in [1.54, 1.807) is 13.2 Å². The molecular formula is C14H13ClN2OS. The molecule has 0 aliphatic heterocycles. The van der Waals surface area contributed by atoms with Crippen molar-refractivity contribution in [2.75, 3.05) is 12.4 Å². The summed E-state index contributed by atoms with van der Waals surface area (Å²) in [5, 5.41) is 3.77. The van der Waals surface area contributed by atoms with Crippen LogP contribution in [0.15, 0.2) is 42.5 Å². The highest BCUT2D eigenvalue weighted by Crippen LogP contribution is 2.28. The highest BCUT2D eigenvalue weighted by atomic mass is 35.5. The van der Waals surface area contributed by atoms with E-state index in [9.17, 15) is 0 Å². The summed E-state index contributed by atoms with van der Waals surface area (Å²) in [4.78, 5) is 0.260. The summed E-state index contributed by atoms with van der Waals surface area (Å²) in [5.74, 6) is 0.768. The number of thiocarbonyl (C=S) groups is 1. The number of ether oxygens (including phenoxy) is 1. The SMILES string of the molecule is COc1cccc(Nc2cccc(Cl)c2C(N)=S)c1. The Morgan fingerprint density at radius 3 is 2.68 bits per heavy atom. The predicted octanol–water partition coefficient (Wildman–Crippen LogP) is 3.73. The molecule has 0 atom stereocenters. The van der Waals surface area contributed by atoms with Gasteiger partial charge in [-0.15, -0.1) is 0 Å². The first-order valence-electron chi connectivity index (χ1n) is 5.61. The van der Waals surface area contributed by atoms with Crippen LogP contribution in [0.5, 0.6) is 5.75 Å². The van der Waals surface area contributed by atoms with Gasteiger partial charge in [0.2, 0.25) is 0 Å². The van der Waals surface area contributed by atoms with Crippen molar-refractivity contribution in [1.82, 2.24) is 0 Å². The third-order valence-electron chi connectivity index (χ3n) is 2.61. The molecular weight excluding hydrogens is 280 g/mol. The number of nitrogens with one attached hydrogen (secondary N) is 1. The number of hydrogen-bond acceptors (Lipinski definition) is 3. The smallest absolute Gasteiger partial charge is 0.120 e. The van der Waals surface area contributed by atoms with Gasteiger partial charge in [0.05, 0.1) is 23.4 Å². The molecule has 0 aliphatic rings. The van der Waals surface area contributed by atoms with Crippen LogP contribution >= 0.6 is 23.8 Å². The molecule has 0 fully saturated rings. The fraction of sp³-hybridized carbons (Fsp3) is 0.0714. The zero-order chi connectivity index (χ0) is 13.8. The van der Waals surface area contributed by atoms with E-state index in [0.29, 0.717) is 10.6 Å². The largest absolute Gasteiger partial charge is 0.497 e. The van der Waals surface area contributed by atoms with Crippen molar-refractivity contribution < 1.29 is 4.74 Å². The Morgan fingerprint density at radius 1 is 1.26 bits per heavy atom. The molecule has 98 valence electrons. The zero-order valence-electron chi connectivity index (χ0n) is 10.3. The van der Waals surface area contributed by atoms with Gasteiger partial charge in [-0.25, -0.2) is 0 Å². The number of benzene rings is 2. The first-order chi connectivity index (χ1) is 9.11. The van der Waals surface area contributed by atoms with Gasteiger partial charge in [0.25, 0.3) is 0 Å². The van der Waals surface area contributed by atoms with Crippen LogP contribution in [0.3, 0.4) is 0 Å². The van der Waals surface area contributed by atoms with Crippen molar-refractivity contribution in [2.45, 2.75) is 0 Å². The lowest BCUT2D eigenvalue weighted by atomic mass is 10.1. The second-order valence-corrected chi connectivity index (χ2v) is 4.73. The Hall–Kier alpha value is -1.78. The van der Waals surface area contributed by atoms with Crippen LogP contribution in [0.25, 0.3) is 0 Å². The topological polar surface area (TPSA) is 47.3 Å². The van der Waals surface area contributed by atoms with Crippen LogP contribution in [-0.2, 0) is 0 Å². The normalized spacial score (nSPS) is 10.0. The Bertz CT molecular complexity index is 616. The maximum Gasteiger partial charge on any atom is 0.120 e. The average Bonchev–Trinajstić information content (AvgIpc) is 2.38. The van der Waals surface area contributed by atoms with Crippen LogP contribution in [0.1, 0.15) is 5.56 Å². The van der Waals surface area contributed by atoms with E-state index in [4.69, 9.17) is 34.3 Å². The van der Waals surface area contributed by atoms with Crippen molar-refractivity contribution in [3.8, 4) is 5.75 Å². The summed E-state index contributed by atoms with van der Waals surface area (Å²) in [7, 11) is 1.62. The molecule has 0 unspecified atom stereocenters. The number of hydrogen-bond donors (Lipinski definition) is 2. The molecule has 0 saturated carbocycles. The molecule has 5 heteroatoms. The second-order valence-electron chi connectivity index (χ2n) is 3.88. The van der Waals surface area contributed by atoms with E-state index in [2.05, 4.69) is 5.32 Å². The van der Waals surface area contributed by atoms with Gasteiger partial charge in [0.15, 0.2) is 0 Å². The third kappa shape index (κ3) is 3.16. The van der Waals surface area contributed by atoms with Crippen LogP contribution < -0.4 is 15.8 Å². The van der Waals surface area contributed by atoms with Gasteiger partial charge in [-0.05, 0) is 24.3 Å². The summed E-state index contributed by atoms with van der Waals surface area (Å²) in [6, 6.07) is 13.0. The predicted molar refractivity (Wildman–Crippen MR) is 83.6 cm³/mol. The third-order valence-corrected chi connectivity index (χ3v) is 3.13. The van der Waals surface area contributed by atoms with Gasteiger partial charge in [0.1, 0.15) is 10.7 Å². The second kappa shape index (κ2) is 5.91. The van der Waals surface area contributed by atoms with Crippen molar-refractivity contribution in [3.63, 3.8) is 0 Å². The minimum Gasteiger partial charge on any atom is -0.497 e. The number of rotatable bonds is 4. The lowest BCUT2D eigenvalue weighted by molar-refractivity contribution is 0.415. The highest BCUT2D eigenvalue weighted by molar-refractivity contribution is 7.80. The molecule has 19 heavy (non-hydrogen) atoms. The molecule has 0 spiro atoms. The van der Waals surface area contributed by atoms with Crippen LogP contribution in [0.4, 0.5) is 11.4 Å². The highest BCUT2D eigenvalue weighted by Gasteiger charge is 2.10. The molecule has 2 aromatic carbocycles. The summed E-state index contributed by atoms with van der Waals surface area (Å²) < 4.78 is 5.18. The number of nitrogens with two attached hydrogens (primary N) is 1. The van der Waals surface area contributed by atoms with E-state index in [-0.39, 0.29) is 4.99 Å². The Morgan fingerprint density at radius 2 is 2.00 bits per heavy atom. The number of halogens is 1. The Labute approximate surface area is 122 Å². The van der Waals surface area contributed by atoms with Gasteiger partial charge in [0, 0.05) is 11.8 Å². The van der Waals surface area contributed by atoms with E-state index in [0.717, 1.165) is 17.1 Å². The molecule has 0 bridgehead atoms. The molecule has 0 aliphatic carbocycles. The van der Waals surface area contributed by atoms with Gasteiger partial charge < -0.3 is 15.8 Å². The zero-order valence-corrected chi connectivity index (χ0v) is 11.9. The molecule has 0 saturated heterocycles. The lowest BCUT2D eigenvalue weighted by Crippen LogP contribution is -2.12. The van der Waals surface area contributed by atoms with Crippen LogP contribution in [-0.4, -0.2) is 12.1 Å². The fourth-order valence-corrected chi connectivity index (χ4v) is 2.29. The molecule has 3 nitrogen and oxygen atoms in total. The fourth-order valence-electron chi connectivity index (χ4n) is 1.74. The standard InChI is InChI=1S/C14H13ClN2OS/c1-18-10-5-2-4-9(8-10)17-12-7-3-6-11(15)13(12)14(16)19/h2-8,17H,1H3,(H2,16,19). The quantitative estimate of drug-likeness (QED) is 0.843. The summed E-state index contributed by atoms with van der Waals surface area (Å²) in [6.45, 7) is 0. The monoisotopic (exact) mass is 292 g/mol. The van der Waals surface area contributed by atoms with E-state index in [1.807, 2.05) is 36.4 Å². The maximum absolute atomic E-state index is 6.12. The van der Waals surface area contributed by atoms with Gasteiger partial charge in [-0.3, -0.25) is 0 Å². The van der Waals surface area contributed by atoms with Crippen molar-refractivity contribution in [2.24, 2.45) is 5.73 Å². The van der Waals surface area contributed by atoms with Gasteiger partial charge >= 0.3 is 0 Å². The lowest BCUT2D eigenvalue weighted by Gasteiger charge is -2.13. The minimum atomic E-state index is 0.260. The molecule has 2 aromatic rings. The maximum atomic E-state index is 6.12. The molecule has 3 N–H and O–H groups in total. The molecule has 0 aromatic heterocycles.